The molecule has 0 spiro atoms. The summed E-state index contributed by atoms with van der Waals surface area (Å²) in [6, 6.07) is 3.64. The Bertz CT molecular complexity index is 383. The minimum absolute atomic E-state index is 0.662. The highest BCUT2D eigenvalue weighted by molar-refractivity contribution is 7.05. The number of aromatic nitrogens is 3. The lowest BCUT2D eigenvalue weighted by atomic mass is 10.4. The van der Waals surface area contributed by atoms with Crippen LogP contribution in [0.1, 0.15) is 4.88 Å². The van der Waals surface area contributed by atoms with Gasteiger partial charge < -0.3 is 11.1 Å². The van der Waals surface area contributed by atoms with Gasteiger partial charge in [-0.2, -0.15) is 0 Å². The van der Waals surface area contributed by atoms with Gasteiger partial charge in [-0.15, -0.1) is 5.10 Å². The van der Waals surface area contributed by atoms with Gasteiger partial charge in [0.05, 0.1) is 29.5 Å². The van der Waals surface area contributed by atoms with Crippen LogP contribution in [0.4, 0.5) is 11.5 Å². The molecule has 0 saturated carbocycles. The quantitative estimate of drug-likeness (QED) is 0.788. The number of pyridine rings is 1. The van der Waals surface area contributed by atoms with Gasteiger partial charge in [-0.3, -0.25) is 0 Å². The summed E-state index contributed by atoms with van der Waals surface area (Å²) < 4.78 is 3.76. The minimum Gasteiger partial charge on any atom is -0.397 e. The lowest BCUT2D eigenvalue weighted by Crippen LogP contribution is -1.99. The average molecular weight is 207 g/mol. The highest BCUT2D eigenvalue weighted by atomic mass is 32.1. The molecule has 0 atom stereocenters. The second kappa shape index (κ2) is 4.01. The van der Waals surface area contributed by atoms with Gasteiger partial charge >= 0.3 is 0 Å². The van der Waals surface area contributed by atoms with Gasteiger partial charge in [-0.25, -0.2) is 4.98 Å². The summed E-state index contributed by atoms with van der Waals surface area (Å²) in [6.07, 6.45) is 3.35. The molecule has 5 nitrogen and oxygen atoms in total. The zero-order chi connectivity index (χ0) is 9.80. The van der Waals surface area contributed by atoms with Crippen molar-refractivity contribution < 1.29 is 0 Å². The van der Waals surface area contributed by atoms with Crippen molar-refractivity contribution >= 4 is 23.0 Å². The minimum atomic E-state index is 0.662. The maximum atomic E-state index is 5.51. The number of nitrogens with zero attached hydrogens (tertiary/aromatic N) is 3. The van der Waals surface area contributed by atoms with Crippen molar-refractivity contribution in [2.45, 2.75) is 6.54 Å². The lowest BCUT2D eigenvalue weighted by Gasteiger charge is -2.02. The van der Waals surface area contributed by atoms with Crippen molar-refractivity contribution in [1.29, 1.82) is 0 Å². The Kier molecular flexibility index (Phi) is 2.55. The lowest BCUT2D eigenvalue weighted by molar-refractivity contribution is 1.11. The molecule has 72 valence electrons. The summed E-state index contributed by atoms with van der Waals surface area (Å²) in [7, 11) is 0. The van der Waals surface area contributed by atoms with E-state index in [0.29, 0.717) is 12.2 Å². The van der Waals surface area contributed by atoms with E-state index in [0.717, 1.165) is 10.7 Å². The third-order valence-electron chi connectivity index (χ3n) is 1.64. The van der Waals surface area contributed by atoms with E-state index >= 15 is 0 Å². The summed E-state index contributed by atoms with van der Waals surface area (Å²) in [5.41, 5.74) is 6.17. The molecule has 0 aromatic carbocycles. The van der Waals surface area contributed by atoms with Gasteiger partial charge in [0, 0.05) is 0 Å². The molecule has 0 amide bonds. The SMILES string of the molecule is Nc1ccc(NCc2cnns2)nc1. The Labute approximate surface area is 85.2 Å². The molecular weight excluding hydrogens is 198 g/mol. The molecule has 0 radical (unpaired) electrons. The number of rotatable bonds is 3. The smallest absolute Gasteiger partial charge is 0.126 e. The molecule has 6 heteroatoms. The van der Waals surface area contributed by atoms with Crippen LogP contribution in [0.2, 0.25) is 0 Å². The van der Waals surface area contributed by atoms with E-state index in [-0.39, 0.29) is 0 Å². The predicted octanol–water partition coefficient (Wildman–Crippen LogP) is 1.13. The van der Waals surface area contributed by atoms with Crippen LogP contribution in [0.25, 0.3) is 0 Å². The van der Waals surface area contributed by atoms with Crippen LogP contribution >= 0.6 is 11.5 Å². The van der Waals surface area contributed by atoms with E-state index in [4.69, 9.17) is 5.73 Å². The zero-order valence-electron chi connectivity index (χ0n) is 7.34. The first kappa shape index (κ1) is 8.89. The zero-order valence-corrected chi connectivity index (χ0v) is 8.16. The summed E-state index contributed by atoms with van der Waals surface area (Å²) in [6.45, 7) is 0.689. The normalized spacial score (nSPS) is 10.0. The molecule has 2 aromatic rings. The van der Waals surface area contributed by atoms with E-state index in [2.05, 4.69) is 19.9 Å². The average Bonchev–Trinajstić information content (AvgIpc) is 2.70. The van der Waals surface area contributed by atoms with E-state index in [9.17, 15) is 0 Å². The summed E-state index contributed by atoms with van der Waals surface area (Å²) in [5, 5.41) is 6.87. The molecule has 14 heavy (non-hydrogen) atoms. The van der Waals surface area contributed by atoms with Gasteiger partial charge in [0.2, 0.25) is 0 Å². The Morgan fingerprint density at radius 3 is 2.93 bits per heavy atom. The largest absolute Gasteiger partial charge is 0.397 e. The van der Waals surface area contributed by atoms with Crippen LogP contribution in [-0.4, -0.2) is 14.6 Å². The maximum Gasteiger partial charge on any atom is 0.126 e. The van der Waals surface area contributed by atoms with Crippen molar-refractivity contribution in [2.24, 2.45) is 0 Å². The number of nitrogens with one attached hydrogen (secondary N) is 1. The molecular formula is C8H9N5S. The van der Waals surface area contributed by atoms with Crippen LogP contribution in [0.5, 0.6) is 0 Å². The van der Waals surface area contributed by atoms with Gasteiger partial charge in [-0.1, -0.05) is 4.49 Å². The van der Waals surface area contributed by atoms with Crippen LogP contribution in [0, 0.1) is 0 Å². The summed E-state index contributed by atoms with van der Waals surface area (Å²) in [5.74, 6) is 0.799. The standard InChI is InChI=1S/C8H9N5S/c9-6-1-2-8(10-3-6)11-4-7-5-12-13-14-7/h1-3,5H,4,9H2,(H,10,11). The third kappa shape index (κ3) is 2.17. The van der Waals surface area contributed by atoms with Crippen molar-refractivity contribution in [3.8, 4) is 0 Å². The third-order valence-corrected chi connectivity index (χ3v) is 2.30. The van der Waals surface area contributed by atoms with E-state index in [1.807, 2.05) is 6.07 Å². The first-order valence-corrected chi connectivity index (χ1v) is 4.83. The molecule has 2 aromatic heterocycles. The van der Waals surface area contributed by atoms with E-state index in [1.165, 1.54) is 11.5 Å². The Balaban J connectivity index is 1.95. The first-order chi connectivity index (χ1) is 6.84. The Morgan fingerprint density at radius 1 is 1.36 bits per heavy atom. The van der Waals surface area contributed by atoms with Gasteiger partial charge in [0.25, 0.3) is 0 Å². The number of anilines is 2. The van der Waals surface area contributed by atoms with Gasteiger partial charge in [0.15, 0.2) is 0 Å². The van der Waals surface area contributed by atoms with Crippen molar-refractivity contribution in [3.63, 3.8) is 0 Å². The fourth-order valence-electron chi connectivity index (χ4n) is 0.953. The van der Waals surface area contributed by atoms with E-state index in [1.54, 1.807) is 18.5 Å². The van der Waals surface area contributed by atoms with Crippen LogP contribution in [0.15, 0.2) is 24.5 Å². The maximum absolute atomic E-state index is 5.51. The number of nitrogens with two attached hydrogens (primary N) is 1. The fraction of sp³-hybridized carbons (Fsp3) is 0.125. The van der Waals surface area contributed by atoms with Crippen molar-refractivity contribution in [2.75, 3.05) is 11.1 Å². The second-order valence-corrected chi connectivity index (χ2v) is 3.58. The summed E-state index contributed by atoms with van der Waals surface area (Å²) in [4.78, 5) is 5.18. The molecule has 3 N–H and O–H groups in total. The second-order valence-electron chi connectivity index (χ2n) is 2.71. The highest BCUT2D eigenvalue weighted by Gasteiger charge is 1.96. The van der Waals surface area contributed by atoms with E-state index < -0.39 is 0 Å². The molecule has 0 fully saturated rings. The molecule has 2 heterocycles. The van der Waals surface area contributed by atoms with Crippen LogP contribution in [0.3, 0.4) is 0 Å². The van der Waals surface area contributed by atoms with Crippen molar-refractivity contribution in [3.05, 3.63) is 29.4 Å². The van der Waals surface area contributed by atoms with Crippen LogP contribution < -0.4 is 11.1 Å². The van der Waals surface area contributed by atoms with Crippen LogP contribution in [-0.2, 0) is 6.54 Å². The Hall–Kier alpha value is -1.69. The molecule has 0 unspecified atom stereocenters. The first-order valence-electron chi connectivity index (χ1n) is 4.06. The summed E-state index contributed by atoms with van der Waals surface area (Å²) >= 11 is 1.37. The van der Waals surface area contributed by atoms with Crippen molar-refractivity contribution in [1.82, 2.24) is 14.6 Å². The topological polar surface area (TPSA) is 76.7 Å². The molecule has 0 saturated heterocycles. The molecule has 0 bridgehead atoms. The highest BCUT2D eigenvalue weighted by Crippen LogP contribution is 2.09. The van der Waals surface area contributed by atoms with Gasteiger partial charge in [0.1, 0.15) is 5.82 Å². The Morgan fingerprint density at radius 2 is 2.29 bits per heavy atom. The molecule has 2 rings (SSSR count). The number of hydrogen-bond acceptors (Lipinski definition) is 6. The molecule has 0 aliphatic carbocycles. The van der Waals surface area contributed by atoms with Gasteiger partial charge in [-0.05, 0) is 23.7 Å². The monoisotopic (exact) mass is 207 g/mol. The predicted molar refractivity (Wildman–Crippen MR) is 55.9 cm³/mol. The fourth-order valence-corrected chi connectivity index (χ4v) is 1.38. The molecule has 0 aliphatic rings. The number of hydrogen-bond donors (Lipinski definition) is 2. The molecule has 0 aliphatic heterocycles. The number of nitrogen functional groups attached to an aromatic ring is 1.